The zero-order valence-corrected chi connectivity index (χ0v) is 14.3. The third-order valence-electron chi connectivity index (χ3n) is 2.54. The zero-order chi connectivity index (χ0) is 16.0. The van der Waals surface area contributed by atoms with Gasteiger partial charge in [-0.25, -0.2) is 13.1 Å². The average molecular weight is 331 g/mol. The molecule has 5 nitrogen and oxygen atoms in total. The molecule has 0 spiro atoms. The maximum Gasteiger partial charge on any atom is 0.306 e. The van der Waals surface area contributed by atoms with Crippen LogP contribution in [0.4, 0.5) is 0 Å². The summed E-state index contributed by atoms with van der Waals surface area (Å²) in [4.78, 5) is 12.3. The van der Waals surface area contributed by atoms with Gasteiger partial charge in [0, 0.05) is 16.2 Å². The minimum Gasteiger partial charge on any atom is -0.469 e. The number of benzene rings is 1. The van der Waals surface area contributed by atoms with Gasteiger partial charge >= 0.3 is 5.97 Å². The fraction of sp³-hybridized carbons (Fsp3) is 0.500. The SMILES string of the molecule is COC(=O)CC(C)Sc1ccc(S(=O)(=O)NC(C)C)cc1. The van der Waals surface area contributed by atoms with Crippen LogP contribution >= 0.6 is 11.8 Å². The summed E-state index contributed by atoms with van der Waals surface area (Å²) in [6, 6.07) is 6.47. The second kappa shape index (κ2) is 7.82. The van der Waals surface area contributed by atoms with Crippen molar-refractivity contribution in [2.75, 3.05) is 7.11 Å². The summed E-state index contributed by atoms with van der Waals surface area (Å²) in [7, 11) is -2.10. The van der Waals surface area contributed by atoms with Gasteiger partial charge in [0.1, 0.15) is 0 Å². The van der Waals surface area contributed by atoms with Crippen molar-refractivity contribution in [3.05, 3.63) is 24.3 Å². The Morgan fingerprint density at radius 1 is 1.24 bits per heavy atom. The Hall–Kier alpha value is -1.05. The molecule has 118 valence electrons. The highest BCUT2D eigenvalue weighted by molar-refractivity contribution is 8.00. The van der Waals surface area contributed by atoms with Crippen LogP contribution in [-0.4, -0.2) is 32.8 Å². The molecular weight excluding hydrogens is 310 g/mol. The van der Waals surface area contributed by atoms with E-state index in [1.54, 1.807) is 38.1 Å². The van der Waals surface area contributed by atoms with Crippen LogP contribution in [0, 0.1) is 0 Å². The third kappa shape index (κ3) is 6.07. The Labute approximate surface area is 130 Å². The number of methoxy groups -OCH3 is 1. The molecule has 1 aromatic carbocycles. The summed E-state index contributed by atoms with van der Waals surface area (Å²) in [6.07, 6.45) is 0.316. The van der Waals surface area contributed by atoms with Crippen molar-refractivity contribution in [3.63, 3.8) is 0 Å². The van der Waals surface area contributed by atoms with Crippen LogP contribution in [0.1, 0.15) is 27.2 Å². The first-order valence-corrected chi connectivity index (χ1v) is 8.96. The Kier molecular flexibility index (Phi) is 6.70. The molecule has 0 aromatic heterocycles. The van der Waals surface area contributed by atoms with E-state index in [9.17, 15) is 13.2 Å². The third-order valence-corrected chi connectivity index (χ3v) is 5.33. The highest BCUT2D eigenvalue weighted by atomic mass is 32.2. The van der Waals surface area contributed by atoms with Gasteiger partial charge in [0.15, 0.2) is 0 Å². The number of rotatable bonds is 7. The molecule has 0 radical (unpaired) electrons. The molecule has 1 rings (SSSR count). The van der Waals surface area contributed by atoms with Crippen molar-refractivity contribution in [2.24, 2.45) is 0 Å². The molecule has 0 bridgehead atoms. The number of nitrogens with one attached hydrogen (secondary N) is 1. The van der Waals surface area contributed by atoms with Crippen molar-refractivity contribution in [3.8, 4) is 0 Å². The predicted octanol–water partition coefficient (Wildman–Crippen LogP) is 2.42. The second-order valence-electron chi connectivity index (χ2n) is 4.96. The summed E-state index contributed by atoms with van der Waals surface area (Å²) in [5.41, 5.74) is 0. The lowest BCUT2D eigenvalue weighted by Gasteiger charge is -2.12. The molecule has 21 heavy (non-hydrogen) atoms. The van der Waals surface area contributed by atoms with E-state index in [0.29, 0.717) is 6.42 Å². The van der Waals surface area contributed by atoms with Gasteiger partial charge < -0.3 is 4.74 Å². The standard InChI is InChI=1S/C14H21NO4S2/c1-10(2)15-21(17,18)13-7-5-12(6-8-13)20-11(3)9-14(16)19-4/h5-8,10-11,15H,9H2,1-4H3. The molecule has 7 heteroatoms. The number of ether oxygens (including phenoxy) is 1. The molecule has 0 heterocycles. The molecule has 1 N–H and O–H groups in total. The van der Waals surface area contributed by atoms with Crippen molar-refractivity contribution in [1.82, 2.24) is 4.72 Å². The molecule has 0 aliphatic heterocycles. The van der Waals surface area contributed by atoms with Crippen molar-refractivity contribution < 1.29 is 17.9 Å². The zero-order valence-electron chi connectivity index (χ0n) is 12.6. The van der Waals surface area contributed by atoms with E-state index in [-0.39, 0.29) is 22.2 Å². The summed E-state index contributed by atoms with van der Waals surface area (Å²) >= 11 is 1.50. The highest BCUT2D eigenvalue weighted by Gasteiger charge is 2.16. The second-order valence-corrected chi connectivity index (χ2v) is 8.18. The van der Waals surface area contributed by atoms with Gasteiger partial charge in [-0.05, 0) is 38.1 Å². The molecule has 1 atom stereocenters. The predicted molar refractivity (Wildman–Crippen MR) is 83.9 cm³/mol. The van der Waals surface area contributed by atoms with Crippen molar-refractivity contribution in [1.29, 1.82) is 0 Å². The van der Waals surface area contributed by atoms with E-state index < -0.39 is 10.0 Å². The van der Waals surface area contributed by atoms with E-state index in [4.69, 9.17) is 0 Å². The van der Waals surface area contributed by atoms with Crippen LogP contribution in [-0.2, 0) is 19.6 Å². The molecule has 0 aliphatic rings. The molecule has 0 aliphatic carbocycles. The summed E-state index contributed by atoms with van der Waals surface area (Å²) in [6.45, 7) is 5.47. The van der Waals surface area contributed by atoms with E-state index in [0.717, 1.165) is 4.90 Å². The largest absolute Gasteiger partial charge is 0.469 e. The Morgan fingerprint density at radius 3 is 2.29 bits per heavy atom. The molecule has 1 aromatic rings. The smallest absolute Gasteiger partial charge is 0.306 e. The minimum atomic E-state index is -3.46. The summed E-state index contributed by atoms with van der Waals surface area (Å²) in [5.74, 6) is -0.254. The van der Waals surface area contributed by atoms with Gasteiger partial charge in [-0.2, -0.15) is 0 Å². The fourth-order valence-electron chi connectivity index (χ4n) is 1.67. The van der Waals surface area contributed by atoms with Gasteiger partial charge in [-0.1, -0.05) is 6.92 Å². The summed E-state index contributed by atoms with van der Waals surface area (Å²) in [5, 5.41) is 0.0636. The van der Waals surface area contributed by atoms with Crippen molar-refractivity contribution >= 4 is 27.8 Å². The Morgan fingerprint density at radius 2 is 1.81 bits per heavy atom. The first-order valence-electron chi connectivity index (χ1n) is 6.60. The lowest BCUT2D eigenvalue weighted by atomic mass is 10.3. The lowest BCUT2D eigenvalue weighted by molar-refractivity contribution is -0.140. The normalized spacial score (nSPS) is 13.2. The van der Waals surface area contributed by atoms with E-state index in [1.165, 1.54) is 18.9 Å². The maximum absolute atomic E-state index is 12.0. The Balaban J connectivity index is 2.72. The summed E-state index contributed by atoms with van der Waals surface area (Å²) < 4.78 is 31.1. The van der Waals surface area contributed by atoms with Crippen LogP contribution < -0.4 is 4.72 Å². The number of carbonyl (C=O) groups is 1. The van der Waals surface area contributed by atoms with Crippen LogP contribution in [0.2, 0.25) is 0 Å². The van der Waals surface area contributed by atoms with E-state index >= 15 is 0 Å². The first kappa shape index (κ1) is 18.0. The van der Waals surface area contributed by atoms with E-state index in [2.05, 4.69) is 9.46 Å². The molecule has 0 amide bonds. The molecule has 0 saturated heterocycles. The number of esters is 1. The van der Waals surface area contributed by atoms with Gasteiger partial charge in [-0.15, -0.1) is 11.8 Å². The molecule has 1 unspecified atom stereocenters. The average Bonchev–Trinajstić information content (AvgIpc) is 2.37. The number of hydrogen-bond acceptors (Lipinski definition) is 5. The van der Waals surface area contributed by atoms with Gasteiger partial charge in [0.05, 0.1) is 18.4 Å². The van der Waals surface area contributed by atoms with Gasteiger partial charge in [0.25, 0.3) is 0 Å². The lowest BCUT2D eigenvalue weighted by Crippen LogP contribution is -2.30. The minimum absolute atomic E-state index is 0.0636. The molecule has 0 saturated carbocycles. The fourth-order valence-corrected chi connectivity index (χ4v) is 3.90. The van der Waals surface area contributed by atoms with Gasteiger partial charge in [-0.3, -0.25) is 4.79 Å². The van der Waals surface area contributed by atoms with Crippen LogP contribution in [0.3, 0.4) is 0 Å². The number of thioether (sulfide) groups is 1. The van der Waals surface area contributed by atoms with Crippen molar-refractivity contribution in [2.45, 2.75) is 48.3 Å². The molecular formula is C14H21NO4S2. The maximum atomic E-state index is 12.0. The number of sulfonamides is 1. The Bertz CT molecular complexity index is 567. The molecule has 0 fully saturated rings. The quantitative estimate of drug-likeness (QED) is 0.613. The monoisotopic (exact) mass is 331 g/mol. The van der Waals surface area contributed by atoms with E-state index in [1.807, 2.05) is 6.92 Å². The van der Waals surface area contributed by atoms with Crippen LogP contribution in [0.25, 0.3) is 0 Å². The van der Waals surface area contributed by atoms with Crippen LogP contribution in [0.5, 0.6) is 0 Å². The van der Waals surface area contributed by atoms with Gasteiger partial charge in [0.2, 0.25) is 10.0 Å². The topological polar surface area (TPSA) is 72.5 Å². The first-order chi connectivity index (χ1) is 9.74. The number of hydrogen-bond donors (Lipinski definition) is 1. The van der Waals surface area contributed by atoms with Crippen LogP contribution in [0.15, 0.2) is 34.1 Å². The highest BCUT2D eigenvalue weighted by Crippen LogP contribution is 2.26. The number of carbonyl (C=O) groups excluding carboxylic acids is 1.